The molecule has 3 N–H and O–H groups in total. The second-order valence-electron chi connectivity index (χ2n) is 9.11. The molecule has 0 radical (unpaired) electrons. The van der Waals surface area contributed by atoms with Crippen LogP contribution in [-0.2, 0) is 22.6 Å². The van der Waals surface area contributed by atoms with Gasteiger partial charge >= 0.3 is 12.1 Å². The number of aliphatic carboxylic acids is 1. The topological polar surface area (TPSA) is 136 Å². The summed E-state index contributed by atoms with van der Waals surface area (Å²) in [5.41, 5.74) is 10.8. The second-order valence-corrected chi connectivity index (χ2v) is 9.11. The van der Waals surface area contributed by atoms with E-state index >= 15 is 0 Å². The molecular weight excluding hydrogens is 551 g/mol. The molecule has 0 atom stereocenters. The van der Waals surface area contributed by atoms with Gasteiger partial charge in [0.2, 0.25) is 0 Å². The predicted molar refractivity (Wildman–Crippen MR) is 151 cm³/mol. The third-order valence-electron chi connectivity index (χ3n) is 6.30. The Balaban J connectivity index is 0.000000517. The number of hydrogen-bond donors (Lipinski definition) is 2. The van der Waals surface area contributed by atoms with Crippen molar-refractivity contribution < 1.29 is 27.8 Å². The molecule has 0 saturated carbocycles. The molecule has 2 heterocycles. The summed E-state index contributed by atoms with van der Waals surface area (Å²) in [5.74, 6) is -2.76. The lowest BCUT2D eigenvalue weighted by Crippen LogP contribution is -2.26. The number of nitrogens with zero attached hydrogens (tertiary/aromatic N) is 4. The first kappa shape index (κ1) is 30.0. The first-order valence-corrected chi connectivity index (χ1v) is 12.8. The fourth-order valence-corrected chi connectivity index (χ4v) is 4.38. The van der Waals surface area contributed by atoms with Gasteiger partial charge in [0.15, 0.2) is 0 Å². The van der Waals surface area contributed by atoms with Gasteiger partial charge < -0.3 is 24.7 Å². The molecule has 2 aromatic heterocycles. The molecule has 0 saturated heterocycles. The molecule has 0 amide bonds. The largest absolute Gasteiger partial charge is 0.490 e. The van der Waals surface area contributed by atoms with Gasteiger partial charge in [-0.3, -0.25) is 4.79 Å². The number of alkyl halides is 3. The zero-order valence-corrected chi connectivity index (χ0v) is 22.2. The molecule has 5 aromatic rings. The van der Waals surface area contributed by atoms with Crippen molar-refractivity contribution >= 4 is 27.9 Å². The van der Waals surface area contributed by atoms with Gasteiger partial charge in [0.25, 0.3) is 5.56 Å². The van der Waals surface area contributed by atoms with Gasteiger partial charge in [-0.1, -0.05) is 42.5 Å². The van der Waals surface area contributed by atoms with E-state index in [2.05, 4.69) is 10.6 Å². The number of halogens is 3. The van der Waals surface area contributed by atoms with Crippen LogP contribution in [0.25, 0.3) is 33.2 Å². The highest BCUT2D eigenvalue weighted by Gasteiger charge is 2.38. The number of fused-ring (bicyclic) bond motifs is 2. The highest BCUT2D eigenvalue weighted by molar-refractivity contribution is 5.96. The predicted octanol–water partition coefficient (Wildman–Crippen LogP) is 4.55. The maximum absolute atomic E-state index is 13.7. The Kier molecular flexibility index (Phi) is 9.36. The van der Waals surface area contributed by atoms with E-state index in [4.69, 9.17) is 30.6 Å². The molecule has 0 spiro atoms. The van der Waals surface area contributed by atoms with Crippen LogP contribution in [-0.4, -0.2) is 51.1 Å². The number of hydrogen-bond acceptors (Lipinski definition) is 6. The van der Waals surface area contributed by atoms with E-state index in [-0.39, 0.29) is 5.56 Å². The lowest BCUT2D eigenvalue weighted by molar-refractivity contribution is -0.192. The number of benzene rings is 3. The fraction of sp³-hybridized carbons (Fsp3) is 0.200. The van der Waals surface area contributed by atoms with Crippen LogP contribution < -0.4 is 11.3 Å². The van der Waals surface area contributed by atoms with Gasteiger partial charge in [0.05, 0.1) is 35.9 Å². The van der Waals surface area contributed by atoms with Gasteiger partial charge in [0.1, 0.15) is 5.69 Å². The van der Waals surface area contributed by atoms with Crippen LogP contribution in [0.1, 0.15) is 11.1 Å². The number of ether oxygens (including phenoxy) is 1. The third kappa shape index (κ3) is 6.83. The lowest BCUT2D eigenvalue weighted by Gasteiger charge is -2.12. The third-order valence-corrected chi connectivity index (χ3v) is 6.30. The van der Waals surface area contributed by atoms with Gasteiger partial charge in [-0.05, 0) is 35.9 Å². The normalized spacial score (nSPS) is 11.2. The average Bonchev–Trinajstić information content (AvgIpc) is 3.34. The number of carboxylic acid groups (broad SMARTS) is 1. The minimum absolute atomic E-state index is 0.152. The van der Waals surface area contributed by atoms with Crippen molar-refractivity contribution in [2.75, 3.05) is 19.8 Å². The van der Waals surface area contributed by atoms with E-state index in [1.54, 1.807) is 4.57 Å². The number of para-hydroxylation sites is 3. The number of aromatic nitrogens is 3. The highest BCUT2D eigenvalue weighted by Crippen LogP contribution is 2.29. The smallest absolute Gasteiger partial charge is 0.475 e. The molecule has 42 heavy (non-hydrogen) atoms. The van der Waals surface area contributed by atoms with Crippen LogP contribution in [0.2, 0.25) is 0 Å². The second kappa shape index (κ2) is 13.1. The number of nitriles is 1. The summed E-state index contributed by atoms with van der Waals surface area (Å²) in [7, 11) is 0. The van der Waals surface area contributed by atoms with Crippen molar-refractivity contribution in [2.45, 2.75) is 19.3 Å². The summed E-state index contributed by atoms with van der Waals surface area (Å²) >= 11 is 0. The van der Waals surface area contributed by atoms with Crippen LogP contribution in [0.15, 0.2) is 83.8 Å². The maximum Gasteiger partial charge on any atom is 0.490 e. The Bertz CT molecular complexity index is 1810. The Morgan fingerprint density at radius 1 is 1.00 bits per heavy atom. The summed E-state index contributed by atoms with van der Waals surface area (Å²) in [6.07, 6.45) is -3.09. The zero-order chi connectivity index (χ0) is 30.3. The van der Waals surface area contributed by atoms with Crippen molar-refractivity contribution in [3.8, 4) is 17.3 Å². The molecule has 9 nitrogen and oxygen atoms in total. The lowest BCUT2D eigenvalue weighted by atomic mass is 10.1. The molecule has 0 aliphatic carbocycles. The summed E-state index contributed by atoms with van der Waals surface area (Å²) in [6.45, 7) is 2.31. The SMILES string of the molecule is N#Cc1ccc(Cn2cc(-c3nc4ccccc4n(CCOCCN)c3=O)c3ccccc32)cc1.O=C(O)C(F)(F)F. The van der Waals surface area contributed by atoms with Crippen LogP contribution in [0.4, 0.5) is 13.2 Å². The molecule has 0 aliphatic heterocycles. The molecular formula is C30H26F3N5O4. The Hall–Kier alpha value is -4.99. The van der Waals surface area contributed by atoms with Crippen LogP contribution in [0.5, 0.6) is 0 Å². The van der Waals surface area contributed by atoms with E-state index in [0.717, 1.165) is 33.1 Å². The molecule has 3 aromatic carbocycles. The highest BCUT2D eigenvalue weighted by atomic mass is 19.4. The molecule has 0 fully saturated rings. The summed E-state index contributed by atoms with van der Waals surface area (Å²) in [6, 6.07) is 25.4. The van der Waals surface area contributed by atoms with Crippen LogP contribution in [0, 0.1) is 11.3 Å². The summed E-state index contributed by atoms with van der Waals surface area (Å²) < 4.78 is 41.2. The quantitative estimate of drug-likeness (QED) is 0.258. The monoisotopic (exact) mass is 577 g/mol. The molecule has 5 rings (SSSR count). The molecule has 0 unspecified atom stereocenters. The molecule has 216 valence electrons. The van der Waals surface area contributed by atoms with Crippen molar-refractivity contribution in [2.24, 2.45) is 5.73 Å². The van der Waals surface area contributed by atoms with Crippen molar-refractivity contribution in [3.63, 3.8) is 0 Å². The van der Waals surface area contributed by atoms with E-state index in [1.807, 2.05) is 79.0 Å². The number of rotatable bonds is 8. The van der Waals surface area contributed by atoms with E-state index < -0.39 is 12.1 Å². The molecule has 0 aliphatic rings. The summed E-state index contributed by atoms with van der Waals surface area (Å²) in [5, 5.41) is 17.2. The minimum atomic E-state index is -5.08. The van der Waals surface area contributed by atoms with Gasteiger partial charge in [-0.25, -0.2) is 9.78 Å². The number of carboxylic acids is 1. The van der Waals surface area contributed by atoms with E-state index in [9.17, 15) is 18.0 Å². The Morgan fingerprint density at radius 2 is 1.64 bits per heavy atom. The van der Waals surface area contributed by atoms with Crippen molar-refractivity contribution in [1.29, 1.82) is 5.26 Å². The zero-order valence-electron chi connectivity index (χ0n) is 22.2. The van der Waals surface area contributed by atoms with E-state index in [1.165, 1.54) is 0 Å². The number of carbonyl (C=O) groups is 1. The van der Waals surface area contributed by atoms with E-state index in [0.29, 0.717) is 44.1 Å². The van der Waals surface area contributed by atoms with Gasteiger partial charge in [0, 0.05) is 42.3 Å². The first-order valence-electron chi connectivity index (χ1n) is 12.8. The van der Waals surface area contributed by atoms with Crippen LogP contribution in [0.3, 0.4) is 0 Å². The number of nitrogens with two attached hydrogens (primary N) is 1. The van der Waals surface area contributed by atoms with Crippen molar-refractivity contribution in [3.05, 3.63) is 100 Å². The molecule has 12 heteroatoms. The van der Waals surface area contributed by atoms with Gasteiger partial charge in [-0.2, -0.15) is 18.4 Å². The molecule has 0 bridgehead atoms. The van der Waals surface area contributed by atoms with Gasteiger partial charge in [-0.15, -0.1) is 0 Å². The summed E-state index contributed by atoms with van der Waals surface area (Å²) in [4.78, 5) is 27.4. The first-order chi connectivity index (χ1) is 20.1. The maximum atomic E-state index is 13.7. The average molecular weight is 578 g/mol. The standard InChI is InChI=1S/C28H25N5O2.C2HF3O2/c29-13-15-35-16-14-33-26-8-4-2-6-24(26)31-27(28(33)34)23-19-32(25-7-3-1-5-22(23)25)18-21-11-9-20(17-30)10-12-21;3-2(4,5)1(6)7/h1-12,19H,13-16,18,29H2;(H,6,7). The Morgan fingerprint density at radius 3 is 2.29 bits per heavy atom. The fourth-order valence-electron chi connectivity index (χ4n) is 4.38. The van der Waals surface area contributed by atoms with Crippen LogP contribution >= 0.6 is 0 Å². The minimum Gasteiger partial charge on any atom is -0.475 e. The Labute approximate surface area is 237 Å². The van der Waals surface area contributed by atoms with Crippen molar-refractivity contribution in [1.82, 2.24) is 14.1 Å².